The maximum Gasteiger partial charge on any atom is 0.266 e. The molecule has 4 rings (SSSR count). The Kier molecular flexibility index (Phi) is 11.3. The zero-order valence-electron chi connectivity index (χ0n) is 23.7. The van der Waals surface area contributed by atoms with Gasteiger partial charge in [-0.15, -0.1) is 0 Å². The zero-order chi connectivity index (χ0) is 30.6. The molecular weight excluding hydrogens is 587 g/mol. The van der Waals surface area contributed by atoms with Gasteiger partial charge in [-0.3, -0.25) is 4.79 Å². The standard InChI is InChI=1S/C34H30Cl2N2O5/c1-3-40-31-18-24(14-15-30(31)42-21-23-10-6-5-7-11-23)22-43-33-28(36)17-25(19-32(33)41-4-2)16-26(20-37)34(39)38-29-13-9-8-12-27(29)35/h5-19H,3-4,21-22H2,1-2H3,(H,38,39)/b26-16+. The molecule has 0 aliphatic heterocycles. The van der Waals surface area contributed by atoms with Crippen molar-refractivity contribution in [1.29, 1.82) is 5.26 Å². The predicted molar refractivity (Wildman–Crippen MR) is 169 cm³/mol. The Hall–Kier alpha value is -4.64. The second-order valence-corrected chi connectivity index (χ2v) is 9.96. The average Bonchev–Trinajstić information content (AvgIpc) is 3.01. The molecule has 0 aromatic heterocycles. The molecule has 0 aliphatic rings. The van der Waals surface area contributed by atoms with Crippen LogP contribution in [0, 0.1) is 11.3 Å². The summed E-state index contributed by atoms with van der Waals surface area (Å²) in [6, 6.07) is 27.5. The van der Waals surface area contributed by atoms with Gasteiger partial charge in [-0.2, -0.15) is 5.26 Å². The number of carbonyl (C=O) groups excluding carboxylic acids is 1. The number of hydrogen-bond donors (Lipinski definition) is 1. The van der Waals surface area contributed by atoms with Gasteiger partial charge in [0.1, 0.15) is 24.9 Å². The molecule has 0 spiro atoms. The number of nitriles is 1. The van der Waals surface area contributed by atoms with Gasteiger partial charge in [-0.1, -0.05) is 71.7 Å². The van der Waals surface area contributed by atoms with Gasteiger partial charge in [0, 0.05) is 0 Å². The first kappa shape index (κ1) is 31.3. The summed E-state index contributed by atoms with van der Waals surface area (Å²) in [7, 11) is 0. The first-order valence-electron chi connectivity index (χ1n) is 13.6. The summed E-state index contributed by atoms with van der Waals surface area (Å²) in [5.41, 5.74) is 2.64. The van der Waals surface area contributed by atoms with E-state index < -0.39 is 5.91 Å². The predicted octanol–water partition coefficient (Wildman–Crippen LogP) is 8.49. The Labute approximate surface area is 261 Å². The van der Waals surface area contributed by atoms with Crippen LogP contribution in [0.5, 0.6) is 23.0 Å². The highest BCUT2D eigenvalue weighted by Gasteiger charge is 2.16. The summed E-state index contributed by atoms with van der Waals surface area (Å²) in [5, 5.41) is 12.9. The number of benzene rings is 4. The third kappa shape index (κ3) is 8.68. The second kappa shape index (κ2) is 15.5. The van der Waals surface area contributed by atoms with Gasteiger partial charge in [0.05, 0.1) is 28.9 Å². The number of nitrogens with zero attached hydrogens (tertiary/aromatic N) is 1. The molecule has 1 N–H and O–H groups in total. The van der Waals surface area contributed by atoms with E-state index in [0.717, 1.165) is 11.1 Å². The minimum absolute atomic E-state index is 0.134. The van der Waals surface area contributed by atoms with E-state index in [1.165, 1.54) is 6.08 Å². The summed E-state index contributed by atoms with van der Waals surface area (Å²) >= 11 is 12.8. The number of carbonyl (C=O) groups is 1. The second-order valence-electron chi connectivity index (χ2n) is 9.14. The molecule has 4 aromatic rings. The van der Waals surface area contributed by atoms with Crippen LogP contribution in [0.1, 0.15) is 30.5 Å². The van der Waals surface area contributed by atoms with Crippen LogP contribution in [0.15, 0.2) is 90.5 Å². The van der Waals surface area contributed by atoms with E-state index in [-0.39, 0.29) is 17.2 Å². The fourth-order valence-corrected chi connectivity index (χ4v) is 4.52. The topological polar surface area (TPSA) is 89.8 Å². The molecule has 1 amide bonds. The molecule has 9 heteroatoms. The molecule has 220 valence electrons. The number of hydrogen-bond acceptors (Lipinski definition) is 6. The molecule has 0 radical (unpaired) electrons. The van der Waals surface area contributed by atoms with Crippen molar-refractivity contribution in [3.8, 4) is 29.1 Å². The summed E-state index contributed by atoms with van der Waals surface area (Å²) in [4.78, 5) is 12.8. The Morgan fingerprint density at radius 1 is 0.767 bits per heavy atom. The highest BCUT2D eigenvalue weighted by molar-refractivity contribution is 6.34. The van der Waals surface area contributed by atoms with Gasteiger partial charge in [-0.05, 0) is 73.0 Å². The SMILES string of the molecule is CCOc1cc(COc2c(Cl)cc(/C=C(\C#N)C(=O)Nc3ccccc3Cl)cc2OCC)ccc1OCc1ccccc1. The quantitative estimate of drug-likeness (QED) is 0.120. The van der Waals surface area contributed by atoms with Crippen molar-refractivity contribution < 1.29 is 23.7 Å². The largest absolute Gasteiger partial charge is 0.490 e. The van der Waals surface area contributed by atoms with Crippen molar-refractivity contribution in [1.82, 2.24) is 0 Å². The first-order chi connectivity index (χ1) is 20.9. The first-order valence-corrected chi connectivity index (χ1v) is 14.4. The fraction of sp³-hybridized carbons (Fsp3) is 0.176. The summed E-state index contributed by atoms with van der Waals surface area (Å²) in [6.07, 6.45) is 1.42. The summed E-state index contributed by atoms with van der Waals surface area (Å²) in [6.45, 7) is 5.16. The number of halogens is 2. The number of nitrogens with one attached hydrogen (secondary N) is 1. The zero-order valence-corrected chi connectivity index (χ0v) is 25.2. The highest BCUT2D eigenvalue weighted by atomic mass is 35.5. The van der Waals surface area contributed by atoms with Crippen LogP contribution >= 0.6 is 23.2 Å². The van der Waals surface area contributed by atoms with Gasteiger partial charge in [0.2, 0.25) is 0 Å². The normalized spacial score (nSPS) is 10.9. The Bertz CT molecular complexity index is 1630. The minimum Gasteiger partial charge on any atom is -0.490 e. The molecule has 0 aliphatic carbocycles. The number of ether oxygens (including phenoxy) is 4. The van der Waals surface area contributed by atoms with Crippen molar-refractivity contribution in [2.45, 2.75) is 27.1 Å². The van der Waals surface area contributed by atoms with Crippen molar-refractivity contribution >= 4 is 40.9 Å². The molecule has 0 bridgehead atoms. The van der Waals surface area contributed by atoms with Crippen LogP contribution in [0.25, 0.3) is 6.08 Å². The van der Waals surface area contributed by atoms with Gasteiger partial charge in [0.25, 0.3) is 5.91 Å². The number of amides is 1. The van der Waals surface area contributed by atoms with E-state index in [1.54, 1.807) is 36.4 Å². The van der Waals surface area contributed by atoms with Crippen molar-refractivity contribution in [3.05, 3.63) is 117 Å². The van der Waals surface area contributed by atoms with Crippen LogP contribution in [0.4, 0.5) is 5.69 Å². The average molecular weight is 618 g/mol. The minimum atomic E-state index is -0.605. The van der Waals surface area contributed by atoms with E-state index in [9.17, 15) is 10.1 Å². The summed E-state index contributed by atoms with van der Waals surface area (Å²) in [5.74, 6) is 1.34. The lowest BCUT2D eigenvalue weighted by atomic mass is 10.1. The van der Waals surface area contributed by atoms with Crippen molar-refractivity contribution in [2.24, 2.45) is 0 Å². The lowest BCUT2D eigenvalue weighted by molar-refractivity contribution is -0.112. The van der Waals surface area contributed by atoms with E-state index in [2.05, 4.69) is 5.32 Å². The molecular formula is C34H30Cl2N2O5. The van der Waals surface area contributed by atoms with Crippen LogP contribution < -0.4 is 24.3 Å². The molecule has 0 unspecified atom stereocenters. The smallest absolute Gasteiger partial charge is 0.266 e. The molecule has 4 aromatic carbocycles. The van der Waals surface area contributed by atoms with Crippen molar-refractivity contribution in [3.63, 3.8) is 0 Å². The number of anilines is 1. The lowest BCUT2D eigenvalue weighted by Crippen LogP contribution is -2.13. The molecule has 0 saturated carbocycles. The molecule has 0 heterocycles. The Morgan fingerprint density at radius 2 is 1.47 bits per heavy atom. The van der Waals surface area contributed by atoms with E-state index in [4.69, 9.17) is 42.1 Å². The third-order valence-corrected chi connectivity index (χ3v) is 6.67. The van der Waals surface area contributed by atoms with Crippen LogP contribution in [-0.2, 0) is 18.0 Å². The molecule has 43 heavy (non-hydrogen) atoms. The molecule has 0 saturated heterocycles. The molecule has 0 fully saturated rings. The maximum absolute atomic E-state index is 12.8. The van der Waals surface area contributed by atoms with E-state index >= 15 is 0 Å². The maximum atomic E-state index is 12.8. The van der Waals surface area contributed by atoms with Crippen LogP contribution in [0.2, 0.25) is 10.0 Å². The van der Waals surface area contributed by atoms with Crippen molar-refractivity contribution in [2.75, 3.05) is 18.5 Å². The Balaban J connectivity index is 1.51. The lowest BCUT2D eigenvalue weighted by Gasteiger charge is -2.16. The fourth-order valence-electron chi connectivity index (χ4n) is 4.06. The Morgan fingerprint density at radius 3 is 2.19 bits per heavy atom. The van der Waals surface area contributed by atoms with Crippen LogP contribution in [-0.4, -0.2) is 19.1 Å². The van der Waals surface area contributed by atoms with Gasteiger partial charge in [-0.25, -0.2) is 0 Å². The monoisotopic (exact) mass is 616 g/mol. The van der Waals surface area contributed by atoms with E-state index in [0.29, 0.717) is 59.1 Å². The van der Waals surface area contributed by atoms with Gasteiger partial charge < -0.3 is 24.3 Å². The molecule has 0 atom stereocenters. The molecule has 7 nitrogen and oxygen atoms in total. The number of rotatable bonds is 13. The van der Waals surface area contributed by atoms with Gasteiger partial charge in [0.15, 0.2) is 23.0 Å². The third-order valence-electron chi connectivity index (χ3n) is 6.06. The van der Waals surface area contributed by atoms with Gasteiger partial charge >= 0.3 is 0 Å². The van der Waals surface area contributed by atoms with E-state index in [1.807, 2.05) is 68.4 Å². The number of para-hydroxylation sites is 1. The summed E-state index contributed by atoms with van der Waals surface area (Å²) < 4.78 is 23.7. The van der Waals surface area contributed by atoms with Crippen LogP contribution in [0.3, 0.4) is 0 Å². The highest BCUT2D eigenvalue weighted by Crippen LogP contribution is 2.38.